The summed E-state index contributed by atoms with van der Waals surface area (Å²) in [4.78, 5) is 0. The Bertz CT molecular complexity index is 264. The molecule has 0 atom stereocenters. The minimum absolute atomic E-state index is 0.824. The molecule has 1 aliphatic heterocycles. The van der Waals surface area contributed by atoms with Crippen LogP contribution in [0.3, 0.4) is 0 Å². The van der Waals surface area contributed by atoms with Crippen molar-refractivity contribution >= 4 is 7.74 Å². The molecule has 0 aromatic carbocycles. The van der Waals surface area contributed by atoms with E-state index in [1.54, 1.807) is 0 Å². The molecular weight excluding hydrogens is 219 g/mol. The van der Waals surface area contributed by atoms with Crippen LogP contribution in [0.4, 0.5) is 0 Å². The van der Waals surface area contributed by atoms with Gasteiger partial charge in [0, 0.05) is 0 Å². The van der Waals surface area contributed by atoms with Crippen molar-refractivity contribution in [2.75, 3.05) is 21.3 Å². The van der Waals surface area contributed by atoms with E-state index in [-0.39, 0.29) is 0 Å². The van der Waals surface area contributed by atoms with Gasteiger partial charge in [-0.15, -0.1) is 0 Å². The van der Waals surface area contributed by atoms with Crippen molar-refractivity contribution in [3.05, 3.63) is 11.5 Å². The fourth-order valence-corrected chi connectivity index (χ4v) is 3.91. The molecule has 0 radical (unpaired) electrons. The van der Waals surface area contributed by atoms with Gasteiger partial charge in [-0.1, -0.05) is 0 Å². The van der Waals surface area contributed by atoms with E-state index in [0.29, 0.717) is 0 Å². The third-order valence-electron chi connectivity index (χ3n) is 2.78. The predicted octanol–water partition coefficient (Wildman–Crippen LogP) is 2.89. The van der Waals surface area contributed by atoms with E-state index < -0.39 is 7.74 Å². The van der Waals surface area contributed by atoms with Gasteiger partial charge in [-0.05, 0) is 0 Å². The van der Waals surface area contributed by atoms with Crippen LogP contribution in [0.5, 0.6) is 0 Å². The standard InChI is InChI=1S/C9H17O5P/c1-10-15(11-2,12-3)13-8-6-4-5-7-9(8)14-15/h4-7H2,1-3H3. The molecule has 2 rings (SSSR count). The van der Waals surface area contributed by atoms with E-state index in [2.05, 4.69) is 0 Å². The molecule has 0 fully saturated rings. The van der Waals surface area contributed by atoms with E-state index in [4.69, 9.17) is 22.6 Å². The van der Waals surface area contributed by atoms with Gasteiger partial charge in [-0.25, -0.2) is 0 Å². The molecule has 0 saturated carbocycles. The molecule has 1 aliphatic carbocycles. The summed E-state index contributed by atoms with van der Waals surface area (Å²) in [5.74, 6) is 1.65. The second kappa shape index (κ2) is 3.59. The molecule has 5 nitrogen and oxygen atoms in total. The van der Waals surface area contributed by atoms with Crippen LogP contribution >= 0.6 is 7.74 Å². The Morgan fingerprint density at radius 1 is 0.867 bits per heavy atom. The van der Waals surface area contributed by atoms with Crippen molar-refractivity contribution in [3.63, 3.8) is 0 Å². The molecule has 2 aliphatic rings. The second-order valence-electron chi connectivity index (χ2n) is 3.53. The molecule has 15 heavy (non-hydrogen) atoms. The minimum atomic E-state index is -3.78. The van der Waals surface area contributed by atoms with Crippen LogP contribution in [-0.4, -0.2) is 21.3 Å². The van der Waals surface area contributed by atoms with E-state index in [9.17, 15) is 0 Å². The topological polar surface area (TPSA) is 46.2 Å². The molecule has 0 spiro atoms. The first-order valence-electron chi connectivity index (χ1n) is 5.00. The van der Waals surface area contributed by atoms with Crippen LogP contribution in [0.1, 0.15) is 25.7 Å². The average molecular weight is 236 g/mol. The first kappa shape index (κ1) is 11.1. The van der Waals surface area contributed by atoms with Crippen molar-refractivity contribution in [1.82, 2.24) is 0 Å². The Morgan fingerprint density at radius 2 is 1.27 bits per heavy atom. The molecule has 0 unspecified atom stereocenters. The molecule has 0 N–H and O–H groups in total. The SMILES string of the molecule is COP1(OC)(OC)OC2=C(CCCC2)O1. The fourth-order valence-electron chi connectivity index (χ4n) is 1.87. The maximum atomic E-state index is 5.71. The van der Waals surface area contributed by atoms with Crippen LogP contribution in [0.2, 0.25) is 0 Å². The van der Waals surface area contributed by atoms with Crippen LogP contribution in [0.25, 0.3) is 0 Å². The van der Waals surface area contributed by atoms with Crippen molar-refractivity contribution in [1.29, 1.82) is 0 Å². The normalized spacial score (nSPS) is 29.7. The number of rotatable bonds is 3. The Hall–Kier alpha value is -0.350. The quantitative estimate of drug-likeness (QED) is 0.705. The Balaban J connectivity index is 2.28. The van der Waals surface area contributed by atoms with Crippen LogP contribution in [0.15, 0.2) is 11.5 Å². The summed E-state index contributed by atoms with van der Waals surface area (Å²) in [6, 6.07) is 0. The molecule has 0 bridgehead atoms. The van der Waals surface area contributed by atoms with Gasteiger partial charge in [0.2, 0.25) is 0 Å². The first-order valence-corrected chi connectivity index (χ1v) is 6.83. The molecule has 0 aromatic rings. The Labute approximate surface area is 89.6 Å². The summed E-state index contributed by atoms with van der Waals surface area (Å²) in [7, 11) is 0.647. The summed E-state index contributed by atoms with van der Waals surface area (Å²) in [5.41, 5.74) is 0. The monoisotopic (exact) mass is 236 g/mol. The third kappa shape index (κ3) is 1.54. The molecule has 1 heterocycles. The van der Waals surface area contributed by atoms with Gasteiger partial charge in [0.15, 0.2) is 0 Å². The van der Waals surface area contributed by atoms with E-state index in [1.807, 2.05) is 0 Å². The fraction of sp³-hybridized carbons (Fsp3) is 0.778. The summed E-state index contributed by atoms with van der Waals surface area (Å²) >= 11 is 0. The van der Waals surface area contributed by atoms with Crippen molar-refractivity contribution in [2.45, 2.75) is 25.7 Å². The van der Waals surface area contributed by atoms with Gasteiger partial charge < -0.3 is 0 Å². The molecule has 88 valence electrons. The Morgan fingerprint density at radius 3 is 1.60 bits per heavy atom. The van der Waals surface area contributed by atoms with Gasteiger partial charge in [-0.2, -0.15) is 0 Å². The predicted molar refractivity (Wildman–Crippen MR) is 55.6 cm³/mol. The van der Waals surface area contributed by atoms with Crippen molar-refractivity contribution in [2.24, 2.45) is 0 Å². The molecule has 6 heteroatoms. The number of allylic oxidation sites excluding steroid dienone is 2. The molecule has 0 amide bonds. The first-order chi connectivity index (χ1) is 7.17. The van der Waals surface area contributed by atoms with Gasteiger partial charge in [0.25, 0.3) is 0 Å². The Kier molecular flexibility index (Phi) is 2.67. The van der Waals surface area contributed by atoms with E-state index in [1.165, 1.54) is 21.3 Å². The average Bonchev–Trinajstić information content (AvgIpc) is 2.66. The summed E-state index contributed by atoms with van der Waals surface area (Å²) < 4.78 is 27.2. The summed E-state index contributed by atoms with van der Waals surface area (Å²) in [5, 5.41) is 0. The molecule has 0 aromatic heterocycles. The van der Waals surface area contributed by atoms with Crippen LogP contribution in [0, 0.1) is 0 Å². The van der Waals surface area contributed by atoms with Crippen LogP contribution < -0.4 is 0 Å². The molecule has 0 saturated heterocycles. The van der Waals surface area contributed by atoms with Crippen molar-refractivity contribution < 1.29 is 22.6 Å². The summed E-state index contributed by atoms with van der Waals surface area (Å²) in [6.45, 7) is 0. The van der Waals surface area contributed by atoms with Gasteiger partial charge in [0.05, 0.1) is 0 Å². The van der Waals surface area contributed by atoms with Crippen molar-refractivity contribution in [3.8, 4) is 0 Å². The number of hydrogen-bond donors (Lipinski definition) is 0. The summed E-state index contributed by atoms with van der Waals surface area (Å²) in [6.07, 6.45) is 3.93. The molecular formula is C9H17O5P. The van der Waals surface area contributed by atoms with Gasteiger partial charge in [0.1, 0.15) is 0 Å². The second-order valence-corrected chi connectivity index (χ2v) is 6.48. The maximum absolute atomic E-state index is 5.71. The van der Waals surface area contributed by atoms with Gasteiger partial charge >= 0.3 is 88.9 Å². The van der Waals surface area contributed by atoms with Crippen LogP contribution in [-0.2, 0) is 22.6 Å². The zero-order valence-corrected chi connectivity index (χ0v) is 10.2. The van der Waals surface area contributed by atoms with Gasteiger partial charge in [-0.3, -0.25) is 0 Å². The van der Waals surface area contributed by atoms with E-state index in [0.717, 1.165) is 37.2 Å². The van der Waals surface area contributed by atoms with E-state index >= 15 is 0 Å². The third-order valence-corrected chi connectivity index (χ3v) is 5.61. The zero-order chi connectivity index (χ0) is 11.0. The number of hydrogen-bond acceptors (Lipinski definition) is 5. The zero-order valence-electron chi connectivity index (χ0n) is 9.32.